The van der Waals surface area contributed by atoms with Gasteiger partial charge in [0.25, 0.3) is 0 Å². The summed E-state index contributed by atoms with van der Waals surface area (Å²) < 4.78 is 0. The van der Waals surface area contributed by atoms with Crippen molar-refractivity contribution in [3.05, 3.63) is 228 Å². The minimum Gasteiger partial charge on any atom is -0.300 e. The number of nitrogens with zero attached hydrogens (tertiary/aromatic N) is 1. The maximum atomic E-state index is 8.95. The molecular formula is C47H35N3. The molecule has 0 saturated heterocycles. The van der Waals surface area contributed by atoms with E-state index in [4.69, 9.17) is 15.8 Å². The lowest BCUT2D eigenvalue weighted by Gasteiger charge is -2.14. The summed E-state index contributed by atoms with van der Waals surface area (Å²) >= 11 is 0. The van der Waals surface area contributed by atoms with E-state index in [0.717, 1.165) is 66.6 Å². The van der Waals surface area contributed by atoms with Gasteiger partial charge in [0, 0.05) is 11.1 Å². The van der Waals surface area contributed by atoms with Gasteiger partial charge in [-0.15, -0.1) is 0 Å². The Kier molecular flexibility index (Phi) is 9.57. The number of fused-ring (bicyclic) bond motifs is 1. The second-order valence-corrected chi connectivity index (χ2v) is 12.0. The monoisotopic (exact) mass is 641 g/mol. The Morgan fingerprint density at radius 2 is 1.06 bits per heavy atom. The zero-order chi connectivity index (χ0) is 34.1. The first-order valence-corrected chi connectivity index (χ1v) is 16.6. The third-order valence-corrected chi connectivity index (χ3v) is 8.66. The van der Waals surface area contributed by atoms with Gasteiger partial charge in [-0.25, -0.2) is 4.99 Å². The first-order chi connectivity index (χ1) is 24.6. The van der Waals surface area contributed by atoms with Gasteiger partial charge in [0.15, 0.2) is 5.84 Å². The van der Waals surface area contributed by atoms with Crippen molar-refractivity contribution in [3.8, 4) is 11.1 Å². The molecule has 0 spiro atoms. The van der Waals surface area contributed by atoms with Crippen molar-refractivity contribution >= 4 is 39.7 Å². The van der Waals surface area contributed by atoms with Gasteiger partial charge in [-0.3, -0.25) is 5.41 Å². The maximum Gasteiger partial charge on any atom is 0.152 e. The summed E-state index contributed by atoms with van der Waals surface area (Å²) in [6, 6.07) is 61.2. The highest BCUT2D eigenvalue weighted by molar-refractivity contribution is 6.17. The van der Waals surface area contributed by atoms with Crippen LogP contribution in [-0.4, -0.2) is 17.3 Å². The van der Waals surface area contributed by atoms with Crippen LogP contribution < -0.4 is 0 Å². The quantitative estimate of drug-likeness (QED) is 0.116. The molecule has 0 aliphatic heterocycles. The van der Waals surface area contributed by atoms with E-state index in [9.17, 15) is 0 Å². The summed E-state index contributed by atoms with van der Waals surface area (Å²) in [7, 11) is 0. The van der Waals surface area contributed by atoms with Crippen LogP contribution in [0.4, 0.5) is 0 Å². The Bertz CT molecular complexity index is 2350. The van der Waals surface area contributed by atoms with Crippen LogP contribution in [0.5, 0.6) is 0 Å². The number of aliphatic imine (C=N–C) groups is 1. The molecule has 0 aliphatic rings. The summed E-state index contributed by atoms with van der Waals surface area (Å²) in [6.45, 7) is 0. The molecule has 7 aromatic carbocycles. The van der Waals surface area contributed by atoms with Crippen LogP contribution in [0.15, 0.2) is 199 Å². The molecule has 3 heteroatoms. The molecule has 2 N–H and O–H groups in total. The van der Waals surface area contributed by atoms with Crippen LogP contribution in [0.2, 0.25) is 0 Å². The molecule has 7 rings (SSSR count). The van der Waals surface area contributed by atoms with E-state index < -0.39 is 0 Å². The zero-order valence-electron chi connectivity index (χ0n) is 27.5. The van der Waals surface area contributed by atoms with E-state index in [1.165, 1.54) is 0 Å². The molecule has 7 aromatic rings. The van der Waals surface area contributed by atoms with Crippen LogP contribution >= 0.6 is 0 Å². The van der Waals surface area contributed by atoms with Gasteiger partial charge in [0.2, 0.25) is 0 Å². The summed E-state index contributed by atoms with van der Waals surface area (Å²) in [6.07, 6.45) is 5.98. The van der Waals surface area contributed by atoms with Gasteiger partial charge in [-0.2, -0.15) is 0 Å². The SMILES string of the molecule is N=C(/C=C(/c1ccccc1)c1cccc2ccc(-c3ccc(C(=N)N=C(/C=C/c4ccccc4)c4ccccc4)cc3)cc12)c1ccccc1. The fraction of sp³-hybridized carbons (Fsp3) is 0. The number of benzene rings is 7. The van der Waals surface area contributed by atoms with Gasteiger partial charge in [0.1, 0.15) is 0 Å². The number of rotatable bonds is 9. The third-order valence-electron chi connectivity index (χ3n) is 8.66. The van der Waals surface area contributed by atoms with E-state index in [1.54, 1.807) is 0 Å². The largest absolute Gasteiger partial charge is 0.300 e. The molecule has 0 aliphatic carbocycles. The molecule has 0 amide bonds. The standard InChI is InChI=1S/C47H35N3/c48-45(38-18-9-3-10-19-38)33-44(36-16-7-2-8-17-36)42-23-13-22-37-27-30-41(32-43(37)42)35-25-28-40(29-26-35)47(49)50-46(39-20-11-4-12-21-39)31-24-34-14-5-1-6-15-34/h1-33,48-49H/b31-24+,44-33-,48-45?,49-47?,50-46?. The fourth-order valence-corrected chi connectivity index (χ4v) is 6.02. The Morgan fingerprint density at radius 1 is 0.480 bits per heavy atom. The highest BCUT2D eigenvalue weighted by Crippen LogP contribution is 2.33. The van der Waals surface area contributed by atoms with Gasteiger partial charge >= 0.3 is 0 Å². The lowest BCUT2D eigenvalue weighted by Crippen LogP contribution is -2.03. The molecule has 0 saturated carbocycles. The van der Waals surface area contributed by atoms with Crippen molar-refractivity contribution in [3.63, 3.8) is 0 Å². The number of hydrogen-bond acceptors (Lipinski definition) is 2. The normalized spacial score (nSPS) is 11.9. The first kappa shape index (κ1) is 31.9. The molecule has 0 atom stereocenters. The minimum absolute atomic E-state index is 0.201. The van der Waals surface area contributed by atoms with Crippen LogP contribution in [-0.2, 0) is 0 Å². The van der Waals surface area contributed by atoms with E-state index in [0.29, 0.717) is 5.71 Å². The summed E-state index contributed by atoms with van der Waals surface area (Å²) in [5.74, 6) is 0.201. The van der Waals surface area contributed by atoms with Gasteiger partial charge in [-0.1, -0.05) is 182 Å². The van der Waals surface area contributed by atoms with Crippen molar-refractivity contribution in [2.75, 3.05) is 0 Å². The van der Waals surface area contributed by atoms with E-state index in [2.05, 4.69) is 60.7 Å². The first-order valence-electron chi connectivity index (χ1n) is 16.6. The van der Waals surface area contributed by atoms with E-state index >= 15 is 0 Å². The van der Waals surface area contributed by atoms with Crippen molar-refractivity contribution in [2.45, 2.75) is 0 Å². The van der Waals surface area contributed by atoms with Gasteiger partial charge in [0.05, 0.1) is 11.4 Å². The third kappa shape index (κ3) is 7.38. The van der Waals surface area contributed by atoms with Crippen molar-refractivity contribution < 1.29 is 0 Å². The Morgan fingerprint density at radius 3 is 1.72 bits per heavy atom. The molecule has 0 unspecified atom stereocenters. The lowest BCUT2D eigenvalue weighted by atomic mass is 9.90. The zero-order valence-corrected chi connectivity index (χ0v) is 27.5. The number of nitrogens with one attached hydrogen (secondary N) is 2. The van der Waals surface area contributed by atoms with Crippen LogP contribution in [0, 0.1) is 10.8 Å². The van der Waals surface area contributed by atoms with Crippen molar-refractivity contribution in [1.29, 1.82) is 10.8 Å². The topological polar surface area (TPSA) is 60.1 Å². The Balaban J connectivity index is 1.22. The van der Waals surface area contributed by atoms with Crippen LogP contribution in [0.1, 0.15) is 33.4 Å². The minimum atomic E-state index is 0.201. The maximum absolute atomic E-state index is 8.95. The second-order valence-electron chi connectivity index (χ2n) is 12.0. The summed E-state index contributed by atoms with van der Waals surface area (Å²) in [5.41, 5.74) is 10.1. The number of allylic oxidation sites excluding steroid dienone is 2. The molecule has 50 heavy (non-hydrogen) atoms. The fourth-order valence-electron chi connectivity index (χ4n) is 6.02. The Hall–Kier alpha value is -6.71. The van der Waals surface area contributed by atoms with Crippen molar-refractivity contribution in [1.82, 2.24) is 0 Å². The van der Waals surface area contributed by atoms with Gasteiger partial charge < -0.3 is 5.41 Å². The molecule has 0 radical (unpaired) electrons. The number of hydrogen-bond donors (Lipinski definition) is 2. The lowest BCUT2D eigenvalue weighted by molar-refractivity contribution is 1.41. The van der Waals surface area contributed by atoms with Crippen LogP contribution in [0.3, 0.4) is 0 Å². The predicted octanol–water partition coefficient (Wildman–Crippen LogP) is 11.5. The van der Waals surface area contributed by atoms with Crippen molar-refractivity contribution in [2.24, 2.45) is 4.99 Å². The Labute approximate surface area is 293 Å². The molecule has 0 aromatic heterocycles. The smallest absolute Gasteiger partial charge is 0.152 e. The molecule has 3 nitrogen and oxygen atoms in total. The average Bonchev–Trinajstić information content (AvgIpc) is 3.19. The molecule has 0 bridgehead atoms. The van der Waals surface area contributed by atoms with E-state index in [1.807, 2.05) is 140 Å². The molecule has 0 heterocycles. The summed E-state index contributed by atoms with van der Waals surface area (Å²) in [4.78, 5) is 4.77. The predicted molar refractivity (Wildman–Crippen MR) is 211 cm³/mol. The number of amidine groups is 1. The average molecular weight is 642 g/mol. The van der Waals surface area contributed by atoms with Gasteiger partial charge in [-0.05, 0) is 67.9 Å². The second kappa shape index (κ2) is 15.0. The summed E-state index contributed by atoms with van der Waals surface area (Å²) in [5, 5.41) is 20.1. The molecular weight excluding hydrogens is 607 g/mol. The highest BCUT2D eigenvalue weighted by atomic mass is 14.8. The highest BCUT2D eigenvalue weighted by Gasteiger charge is 2.13. The van der Waals surface area contributed by atoms with E-state index in [-0.39, 0.29) is 5.84 Å². The van der Waals surface area contributed by atoms with Crippen LogP contribution in [0.25, 0.3) is 33.5 Å². The molecule has 0 fully saturated rings. The molecule has 238 valence electrons.